The Hall–Kier alpha value is -3.40. The highest BCUT2D eigenvalue weighted by atomic mass is 32.2. The van der Waals surface area contributed by atoms with Gasteiger partial charge in [-0.05, 0) is 50.6 Å². The average molecular weight is 489 g/mol. The number of carbonyl (C=O) groups excluding carboxylic acids is 3. The predicted molar refractivity (Wildman–Crippen MR) is 128 cm³/mol. The second kappa shape index (κ2) is 10.7. The lowest BCUT2D eigenvalue weighted by Gasteiger charge is -2.29. The highest BCUT2D eigenvalue weighted by Gasteiger charge is 2.33. The molecule has 0 aromatic heterocycles. The number of ether oxygens (including phenoxy) is 2. The first-order valence-corrected chi connectivity index (χ1v) is 12.7. The molecule has 1 atom stereocenters. The van der Waals surface area contributed by atoms with E-state index < -0.39 is 32.5 Å². The third-order valence-corrected chi connectivity index (χ3v) is 7.29. The number of fused-ring (bicyclic) bond motifs is 1. The molecule has 1 aliphatic rings. The number of sulfone groups is 1. The van der Waals surface area contributed by atoms with Crippen LogP contribution in [0.5, 0.6) is 11.5 Å². The maximum atomic E-state index is 13.0. The summed E-state index contributed by atoms with van der Waals surface area (Å²) in [6.45, 7) is 5.70. The number of benzene rings is 2. The molecule has 10 heteroatoms. The number of para-hydroxylation sites is 2. The molecule has 0 fully saturated rings. The van der Waals surface area contributed by atoms with Gasteiger partial charge in [0.15, 0.2) is 22.2 Å². The first-order chi connectivity index (χ1) is 16.2. The Morgan fingerprint density at radius 2 is 1.91 bits per heavy atom. The summed E-state index contributed by atoms with van der Waals surface area (Å²) in [6.07, 6.45) is 0.704. The van der Waals surface area contributed by atoms with Crippen LogP contribution in [0.15, 0.2) is 42.5 Å². The van der Waals surface area contributed by atoms with E-state index in [2.05, 4.69) is 5.32 Å². The summed E-state index contributed by atoms with van der Waals surface area (Å²) in [6, 6.07) is 11.2. The molecule has 0 bridgehead atoms. The van der Waals surface area contributed by atoms with Crippen LogP contribution >= 0.6 is 0 Å². The Morgan fingerprint density at radius 3 is 2.62 bits per heavy atom. The SMILES string of the molecule is CCCN1C(=O)COc2ccc(C(=O)C(C)S(=O)(=O)CC(=O)Nc3ccccc3OCC)cc21. The first kappa shape index (κ1) is 25.2. The van der Waals surface area contributed by atoms with Crippen LogP contribution in [0.3, 0.4) is 0 Å². The van der Waals surface area contributed by atoms with E-state index in [-0.39, 0.29) is 18.1 Å². The first-order valence-electron chi connectivity index (χ1n) is 11.0. The zero-order valence-electron chi connectivity index (χ0n) is 19.4. The van der Waals surface area contributed by atoms with Crippen molar-refractivity contribution < 1.29 is 32.3 Å². The van der Waals surface area contributed by atoms with E-state index in [9.17, 15) is 22.8 Å². The molecular weight excluding hydrogens is 460 g/mol. The maximum absolute atomic E-state index is 13.0. The van der Waals surface area contributed by atoms with Crippen molar-refractivity contribution >= 4 is 38.8 Å². The fourth-order valence-electron chi connectivity index (χ4n) is 3.57. The van der Waals surface area contributed by atoms with Crippen molar-refractivity contribution in [1.29, 1.82) is 0 Å². The number of hydrogen-bond acceptors (Lipinski definition) is 7. The Bertz CT molecular complexity index is 1190. The lowest BCUT2D eigenvalue weighted by Crippen LogP contribution is -2.39. The van der Waals surface area contributed by atoms with Gasteiger partial charge in [0.2, 0.25) is 5.91 Å². The number of ketones is 1. The minimum absolute atomic E-state index is 0.0907. The van der Waals surface area contributed by atoms with E-state index >= 15 is 0 Å². The van der Waals surface area contributed by atoms with Gasteiger partial charge in [0.25, 0.3) is 5.91 Å². The van der Waals surface area contributed by atoms with E-state index in [1.54, 1.807) is 37.3 Å². The van der Waals surface area contributed by atoms with Crippen molar-refractivity contribution in [3.8, 4) is 11.5 Å². The van der Waals surface area contributed by atoms with Crippen LogP contribution < -0.4 is 19.7 Å². The number of amides is 2. The van der Waals surface area contributed by atoms with Crippen molar-refractivity contribution in [1.82, 2.24) is 0 Å². The molecule has 0 saturated carbocycles. The van der Waals surface area contributed by atoms with Crippen molar-refractivity contribution in [3.05, 3.63) is 48.0 Å². The molecule has 2 aromatic carbocycles. The topological polar surface area (TPSA) is 119 Å². The fourth-order valence-corrected chi connectivity index (χ4v) is 4.72. The number of nitrogens with one attached hydrogen (secondary N) is 1. The predicted octanol–water partition coefficient (Wildman–Crippen LogP) is 2.85. The van der Waals surface area contributed by atoms with Gasteiger partial charge < -0.3 is 19.7 Å². The number of Topliss-reactive ketones (excluding diaryl/α,β-unsaturated/α-hetero) is 1. The van der Waals surface area contributed by atoms with Gasteiger partial charge in [-0.25, -0.2) is 8.42 Å². The summed E-state index contributed by atoms with van der Waals surface area (Å²) in [5, 5.41) is 1.08. The average Bonchev–Trinajstić information content (AvgIpc) is 2.80. The second-order valence-corrected chi connectivity index (χ2v) is 10.1. The minimum Gasteiger partial charge on any atom is -0.492 e. The molecule has 0 spiro atoms. The van der Waals surface area contributed by atoms with Gasteiger partial charge in [0, 0.05) is 12.1 Å². The van der Waals surface area contributed by atoms with Crippen molar-refractivity contribution in [3.63, 3.8) is 0 Å². The largest absolute Gasteiger partial charge is 0.492 e. The van der Waals surface area contributed by atoms with E-state index in [1.165, 1.54) is 24.0 Å². The van der Waals surface area contributed by atoms with Crippen molar-refractivity contribution in [2.24, 2.45) is 0 Å². The highest BCUT2D eigenvalue weighted by Crippen LogP contribution is 2.33. The van der Waals surface area contributed by atoms with Crippen LogP contribution in [-0.2, 0) is 19.4 Å². The molecule has 182 valence electrons. The second-order valence-electron chi connectivity index (χ2n) is 7.81. The monoisotopic (exact) mass is 488 g/mol. The van der Waals surface area contributed by atoms with Crippen LogP contribution in [0.1, 0.15) is 37.6 Å². The summed E-state index contributed by atoms with van der Waals surface area (Å²) < 4.78 is 36.6. The summed E-state index contributed by atoms with van der Waals surface area (Å²) in [5.74, 6) is -1.67. The van der Waals surface area contributed by atoms with Gasteiger partial charge in [-0.1, -0.05) is 19.1 Å². The van der Waals surface area contributed by atoms with Gasteiger partial charge in [0.1, 0.15) is 22.5 Å². The van der Waals surface area contributed by atoms with Crippen molar-refractivity contribution in [2.75, 3.05) is 35.7 Å². The quantitative estimate of drug-likeness (QED) is 0.511. The standard InChI is InChI=1S/C24H28N2O7S/c1-4-12-26-19-13-17(10-11-21(19)33-14-23(26)28)24(29)16(3)34(30,31)15-22(27)25-18-8-6-7-9-20(18)32-5-2/h6-11,13,16H,4-5,12,14-15H2,1-3H3,(H,25,27). The number of carbonyl (C=O) groups is 3. The molecule has 0 radical (unpaired) electrons. The Labute approximate surface area is 199 Å². The van der Waals surface area contributed by atoms with Gasteiger partial charge >= 0.3 is 0 Å². The third kappa shape index (κ3) is 5.56. The van der Waals surface area contributed by atoms with Crippen LogP contribution in [0, 0.1) is 0 Å². The molecule has 1 aliphatic heterocycles. The fraction of sp³-hybridized carbons (Fsp3) is 0.375. The van der Waals surface area contributed by atoms with E-state index in [4.69, 9.17) is 9.47 Å². The van der Waals surface area contributed by atoms with Gasteiger partial charge in [-0.2, -0.15) is 0 Å². The molecule has 2 amide bonds. The van der Waals surface area contributed by atoms with Crippen LogP contribution in [0.25, 0.3) is 0 Å². The summed E-state index contributed by atoms with van der Waals surface area (Å²) in [5.41, 5.74) is 0.897. The number of hydrogen-bond donors (Lipinski definition) is 1. The summed E-state index contributed by atoms with van der Waals surface area (Å²) >= 11 is 0. The molecule has 2 aromatic rings. The molecule has 34 heavy (non-hydrogen) atoms. The van der Waals surface area contributed by atoms with Gasteiger partial charge in [0.05, 0.1) is 18.0 Å². The zero-order valence-corrected chi connectivity index (χ0v) is 20.2. The molecule has 0 saturated heterocycles. The zero-order chi connectivity index (χ0) is 24.9. The summed E-state index contributed by atoms with van der Waals surface area (Å²) in [7, 11) is -4.12. The van der Waals surface area contributed by atoms with Crippen LogP contribution in [0.2, 0.25) is 0 Å². The highest BCUT2D eigenvalue weighted by molar-refractivity contribution is 7.93. The van der Waals surface area contributed by atoms with Crippen LogP contribution in [0.4, 0.5) is 11.4 Å². The smallest absolute Gasteiger partial charge is 0.265 e. The van der Waals surface area contributed by atoms with Gasteiger partial charge in [-0.15, -0.1) is 0 Å². The van der Waals surface area contributed by atoms with E-state index in [1.807, 2.05) is 6.92 Å². The molecular formula is C24H28N2O7S. The normalized spacial score (nSPS) is 14.1. The van der Waals surface area contributed by atoms with E-state index in [0.29, 0.717) is 42.4 Å². The Morgan fingerprint density at radius 1 is 1.18 bits per heavy atom. The number of rotatable bonds is 10. The summed E-state index contributed by atoms with van der Waals surface area (Å²) in [4.78, 5) is 39.3. The molecule has 0 aliphatic carbocycles. The maximum Gasteiger partial charge on any atom is 0.265 e. The molecule has 1 heterocycles. The third-order valence-electron chi connectivity index (χ3n) is 5.33. The molecule has 1 unspecified atom stereocenters. The molecule has 3 rings (SSSR count). The number of anilines is 2. The molecule has 1 N–H and O–H groups in total. The Kier molecular flexibility index (Phi) is 7.93. The Balaban J connectivity index is 1.76. The lowest BCUT2D eigenvalue weighted by atomic mass is 10.1. The van der Waals surface area contributed by atoms with Crippen LogP contribution in [-0.4, -0.2) is 56.8 Å². The van der Waals surface area contributed by atoms with E-state index in [0.717, 1.165) is 0 Å². The van der Waals surface area contributed by atoms with Gasteiger partial charge in [-0.3, -0.25) is 14.4 Å². The minimum atomic E-state index is -4.12. The van der Waals surface area contributed by atoms with Crippen molar-refractivity contribution in [2.45, 2.75) is 32.4 Å². The number of nitrogens with zero attached hydrogens (tertiary/aromatic N) is 1. The lowest BCUT2D eigenvalue weighted by molar-refractivity contribution is -0.121. The molecule has 9 nitrogen and oxygen atoms in total.